The molecule has 1 rings (SSSR count). The lowest BCUT2D eigenvalue weighted by molar-refractivity contribution is -0.134. The average Bonchev–Trinajstić information content (AvgIpc) is 2.63. The highest BCUT2D eigenvalue weighted by atomic mass is 32.1. The van der Waals surface area contributed by atoms with Gasteiger partial charge in [-0.05, 0) is 18.3 Å². The van der Waals surface area contributed by atoms with Crippen molar-refractivity contribution in [2.24, 2.45) is 11.1 Å². The fourth-order valence-corrected chi connectivity index (χ4v) is 2.50. The molecule has 0 spiro atoms. The van der Waals surface area contributed by atoms with Gasteiger partial charge < -0.3 is 10.6 Å². The third-order valence-corrected chi connectivity index (χ3v) is 3.22. The number of amides is 1. The van der Waals surface area contributed by atoms with Gasteiger partial charge in [-0.25, -0.2) is 0 Å². The van der Waals surface area contributed by atoms with Crippen molar-refractivity contribution in [3.63, 3.8) is 0 Å². The Morgan fingerprint density at radius 1 is 1.35 bits per heavy atom. The molecule has 0 aromatic heterocycles. The molecular formula is C13H24N2OS. The monoisotopic (exact) mass is 256 g/mol. The van der Waals surface area contributed by atoms with Crippen LogP contribution < -0.4 is 5.73 Å². The molecule has 0 aromatic rings. The molecule has 0 saturated heterocycles. The minimum absolute atomic E-state index is 0.0180. The van der Waals surface area contributed by atoms with E-state index in [2.05, 4.69) is 20.8 Å². The van der Waals surface area contributed by atoms with E-state index < -0.39 is 0 Å². The standard InChI is InChI=1S/C13H24N2OS/c1-13(2,3)8-12(16)15(9-11(14)17)10-6-4-5-7-10/h10H,4-9H2,1-3H3,(H2,14,17). The van der Waals surface area contributed by atoms with Crippen molar-refractivity contribution in [1.29, 1.82) is 0 Å². The zero-order chi connectivity index (χ0) is 13.1. The van der Waals surface area contributed by atoms with Gasteiger partial charge in [-0.1, -0.05) is 45.8 Å². The van der Waals surface area contributed by atoms with Crippen LogP contribution in [0, 0.1) is 5.41 Å². The maximum Gasteiger partial charge on any atom is 0.223 e. The molecule has 0 aromatic carbocycles. The van der Waals surface area contributed by atoms with E-state index in [1.54, 1.807) is 0 Å². The van der Waals surface area contributed by atoms with E-state index >= 15 is 0 Å². The van der Waals surface area contributed by atoms with Crippen molar-refractivity contribution in [2.45, 2.75) is 58.9 Å². The molecule has 0 heterocycles. The van der Waals surface area contributed by atoms with Gasteiger partial charge in [0.1, 0.15) is 0 Å². The molecule has 0 unspecified atom stereocenters. The highest BCUT2D eigenvalue weighted by Crippen LogP contribution is 2.26. The fourth-order valence-electron chi connectivity index (χ4n) is 2.36. The maximum absolute atomic E-state index is 12.3. The molecule has 2 N–H and O–H groups in total. The predicted octanol–water partition coefficient (Wildman–Crippen LogP) is 2.48. The lowest BCUT2D eigenvalue weighted by atomic mass is 9.91. The van der Waals surface area contributed by atoms with Crippen LogP contribution in [0.1, 0.15) is 52.9 Å². The van der Waals surface area contributed by atoms with Gasteiger partial charge in [-0.15, -0.1) is 0 Å². The van der Waals surface area contributed by atoms with Gasteiger partial charge in [0, 0.05) is 12.5 Å². The topological polar surface area (TPSA) is 46.3 Å². The largest absolute Gasteiger partial charge is 0.392 e. The normalized spacial score (nSPS) is 17.1. The van der Waals surface area contributed by atoms with Crippen LogP contribution in [-0.4, -0.2) is 28.4 Å². The van der Waals surface area contributed by atoms with E-state index in [4.69, 9.17) is 18.0 Å². The molecule has 1 amide bonds. The SMILES string of the molecule is CC(C)(C)CC(=O)N(CC(N)=S)C1CCCC1. The summed E-state index contributed by atoms with van der Waals surface area (Å²) in [6.45, 7) is 6.68. The van der Waals surface area contributed by atoms with Crippen LogP contribution in [0.5, 0.6) is 0 Å². The minimum atomic E-state index is 0.0180. The van der Waals surface area contributed by atoms with E-state index in [1.807, 2.05) is 4.90 Å². The Bertz CT molecular complexity index is 290. The van der Waals surface area contributed by atoms with Crippen molar-refractivity contribution < 1.29 is 4.79 Å². The number of rotatable bonds is 4. The van der Waals surface area contributed by atoms with Crippen molar-refractivity contribution in [2.75, 3.05) is 6.54 Å². The molecule has 3 nitrogen and oxygen atoms in total. The maximum atomic E-state index is 12.3. The lowest BCUT2D eigenvalue weighted by Gasteiger charge is -2.31. The minimum Gasteiger partial charge on any atom is -0.392 e. The van der Waals surface area contributed by atoms with Crippen LogP contribution in [0.2, 0.25) is 0 Å². The molecule has 1 fully saturated rings. The quantitative estimate of drug-likeness (QED) is 0.786. The van der Waals surface area contributed by atoms with Gasteiger partial charge in [-0.2, -0.15) is 0 Å². The van der Waals surface area contributed by atoms with E-state index in [0.29, 0.717) is 24.0 Å². The summed E-state index contributed by atoms with van der Waals surface area (Å²) in [7, 11) is 0. The summed E-state index contributed by atoms with van der Waals surface area (Å²) in [5, 5.41) is 0. The Morgan fingerprint density at radius 2 is 1.88 bits per heavy atom. The van der Waals surface area contributed by atoms with E-state index in [-0.39, 0.29) is 11.3 Å². The van der Waals surface area contributed by atoms with Crippen molar-refractivity contribution >= 4 is 23.1 Å². The number of hydrogen-bond donors (Lipinski definition) is 1. The average molecular weight is 256 g/mol. The van der Waals surface area contributed by atoms with E-state index in [9.17, 15) is 4.79 Å². The second-order valence-electron chi connectivity index (χ2n) is 6.16. The molecule has 0 bridgehead atoms. The molecule has 17 heavy (non-hydrogen) atoms. The van der Waals surface area contributed by atoms with Crippen LogP contribution >= 0.6 is 12.2 Å². The summed E-state index contributed by atoms with van der Waals surface area (Å²) in [5.41, 5.74) is 5.62. The van der Waals surface area contributed by atoms with Crippen LogP contribution in [0.15, 0.2) is 0 Å². The van der Waals surface area contributed by atoms with Crippen LogP contribution in [0.3, 0.4) is 0 Å². The van der Waals surface area contributed by atoms with Crippen LogP contribution in [0.4, 0.5) is 0 Å². The highest BCUT2D eigenvalue weighted by molar-refractivity contribution is 7.80. The van der Waals surface area contributed by atoms with Crippen molar-refractivity contribution in [3.8, 4) is 0 Å². The fraction of sp³-hybridized carbons (Fsp3) is 0.846. The first kappa shape index (κ1) is 14.4. The van der Waals surface area contributed by atoms with Gasteiger partial charge >= 0.3 is 0 Å². The summed E-state index contributed by atoms with van der Waals surface area (Å²) in [6.07, 6.45) is 5.17. The Kier molecular flexibility index (Phi) is 4.92. The van der Waals surface area contributed by atoms with E-state index in [1.165, 1.54) is 12.8 Å². The first-order valence-electron chi connectivity index (χ1n) is 6.37. The van der Waals surface area contributed by atoms with Gasteiger partial charge in [-0.3, -0.25) is 4.79 Å². The molecule has 1 aliphatic rings. The third-order valence-electron chi connectivity index (χ3n) is 3.09. The number of carbonyl (C=O) groups excluding carboxylic acids is 1. The zero-order valence-corrected chi connectivity index (χ0v) is 12.0. The zero-order valence-electron chi connectivity index (χ0n) is 11.2. The van der Waals surface area contributed by atoms with Crippen LogP contribution in [0.25, 0.3) is 0 Å². The summed E-state index contributed by atoms with van der Waals surface area (Å²) in [4.78, 5) is 14.6. The van der Waals surface area contributed by atoms with E-state index in [0.717, 1.165) is 12.8 Å². The molecule has 0 radical (unpaired) electrons. The summed E-state index contributed by atoms with van der Waals surface area (Å²) in [6, 6.07) is 0.353. The molecule has 98 valence electrons. The third kappa shape index (κ3) is 5.02. The summed E-state index contributed by atoms with van der Waals surface area (Å²) in [5.74, 6) is 0.192. The number of thiocarbonyl (C=S) groups is 1. The Labute approximate surface area is 110 Å². The highest BCUT2D eigenvalue weighted by Gasteiger charge is 2.29. The van der Waals surface area contributed by atoms with Crippen molar-refractivity contribution in [1.82, 2.24) is 4.90 Å². The Hall–Kier alpha value is -0.640. The van der Waals surface area contributed by atoms with Crippen LogP contribution in [-0.2, 0) is 4.79 Å². The predicted molar refractivity (Wildman–Crippen MR) is 74.8 cm³/mol. The Morgan fingerprint density at radius 3 is 2.29 bits per heavy atom. The molecule has 0 atom stereocenters. The molecular weight excluding hydrogens is 232 g/mol. The molecule has 1 saturated carbocycles. The molecule has 1 aliphatic carbocycles. The van der Waals surface area contributed by atoms with Gasteiger partial charge in [0.25, 0.3) is 0 Å². The second-order valence-corrected chi connectivity index (χ2v) is 6.69. The molecule has 4 heteroatoms. The second kappa shape index (κ2) is 5.80. The first-order valence-corrected chi connectivity index (χ1v) is 6.78. The smallest absolute Gasteiger partial charge is 0.223 e. The molecule has 0 aliphatic heterocycles. The summed E-state index contributed by atoms with van der Waals surface area (Å²) >= 11 is 4.95. The Balaban J connectivity index is 2.67. The van der Waals surface area contributed by atoms with Gasteiger partial charge in [0.2, 0.25) is 5.91 Å². The number of hydrogen-bond acceptors (Lipinski definition) is 2. The number of nitrogens with two attached hydrogens (primary N) is 1. The summed E-state index contributed by atoms with van der Waals surface area (Å²) < 4.78 is 0. The number of nitrogens with zero attached hydrogens (tertiary/aromatic N) is 1. The van der Waals surface area contributed by atoms with Gasteiger partial charge in [0.05, 0.1) is 11.5 Å². The first-order chi connectivity index (χ1) is 7.79. The van der Waals surface area contributed by atoms with Gasteiger partial charge in [0.15, 0.2) is 0 Å². The lowest BCUT2D eigenvalue weighted by Crippen LogP contribution is -2.44. The van der Waals surface area contributed by atoms with Crippen molar-refractivity contribution in [3.05, 3.63) is 0 Å². The number of carbonyl (C=O) groups is 1.